The van der Waals surface area contributed by atoms with Gasteiger partial charge in [-0.05, 0) is 39.2 Å². The monoisotopic (exact) mass is 466 g/mol. The van der Waals surface area contributed by atoms with E-state index in [0.717, 1.165) is 15.6 Å². The van der Waals surface area contributed by atoms with Crippen molar-refractivity contribution < 1.29 is 14.3 Å². The average molecular weight is 467 g/mol. The fourth-order valence-electron chi connectivity index (χ4n) is 2.96. The number of hydrogen-bond acceptors (Lipinski definition) is 3. The Hall–Kier alpha value is -2.96. The Bertz CT molecular complexity index is 941. The number of likely N-dealkylation sites (N-methyl/N-ethyl adjacent to an activating group) is 1. The fourth-order valence-corrected chi connectivity index (χ4v) is 3.35. The van der Waals surface area contributed by atoms with Crippen molar-refractivity contribution in [1.82, 2.24) is 4.90 Å². The maximum absolute atomic E-state index is 12.6. The van der Waals surface area contributed by atoms with Gasteiger partial charge in [-0.25, -0.2) is 0 Å². The second-order valence-electron chi connectivity index (χ2n) is 6.79. The van der Waals surface area contributed by atoms with Crippen molar-refractivity contribution >= 4 is 33.4 Å². The molecule has 0 aliphatic carbocycles. The maximum Gasteiger partial charge on any atom is 0.248 e. The van der Waals surface area contributed by atoms with E-state index in [9.17, 15) is 9.59 Å². The number of anilines is 1. The number of carbonyl (C=O) groups is 2. The van der Waals surface area contributed by atoms with Gasteiger partial charge in [0.15, 0.2) is 0 Å². The van der Waals surface area contributed by atoms with Gasteiger partial charge in [0.25, 0.3) is 0 Å². The number of rotatable bonds is 8. The number of ether oxygens (including phenoxy) is 1. The number of hydrogen-bond donors (Lipinski definition) is 1. The molecule has 30 heavy (non-hydrogen) atoms. The molecule has 0 aliphatic rings. The van der Waals surface area contributed by atoms with Gasteiger partial charge in [0.05, 0.1) is 12.2 Å². The fraction of sp³-hybridized carbons (Fsp3) is 0.167. The van der Waals surface area contributed by atoms with Gasteiger partial charge in [0.2, 0.25) is 11.8 Å². The summed E-state index contributed by atoms with van der Waals surface area (Å²) in [6.07, 6.45) is -0.362. The van der Waals surface area contributed by atoms with Gasteiger partial charge in [0.1, 0.15) is 12.7 Å². The van der Waals surface area contributed by atoms with Crippen molar-refractivity contribution in [3.05, 3.63) is 101 Å². The molecular formula is C24H23BrN2O3. The van der Waals surface area contributed by atoms with Crippen LogP contribution in [-0.4, -0.2) is 36.9 Å². The molecule has 3 rings (SSSR count). The molecule has 0 saturated carbocycles. The number of benzene rings is 3. The van der Waals surface area contributed by atoms with E-state index >= 15 is 0 Å². The summed E-state index contributed by atoms with van der Waals surface area (Å²) in [5.74, 6) is -0.547. The van der Waals surface area contributed by atoms with Crippen LogP contribution in [0, 0.1) is 0 Å². The van der Waals surface area contributed by atoms with Crippen LogP contribution in [0.2, 0.25) is 0 Å². The molecule has 6 heteroatoms. The lowest BCUT2D eigenvalue weighted by Gasteiger charge is -2.21. The SMILES string of the molecule is CN(CC(=O)Nc1ccccc1Br)C(=O)COC(c1ccccc1)c1ccccc1. The van der Waals surface area contributed by atoms with Crippen LogP contribution in [0.1, 0.15) is 17.2 Å². The summed E-state index contributed by atoms with van der Waals surface area (Å²) >= 11 is 3.39. The number of halogens is 1. The molecule has 0 aromatic heterocycles. The summed E-state index contributed by atoms with van der Waals surface area (Å²) in [7, 11) is 1.59. The molecule has 0 fully saturated rings. The minimum absolute atomic E-state index is 0.0646. The third-order valence-electron chi connectivity index (χ3n) is 4.53. The Kier molecular flexibility index (Phi) is 7.76. The summed E-state index contributed by atoms with van der Waals surface area (Å²) in [5, 5.41) is 2.79. The Morgan fingerprint density at radius 2 is 1.43 bits per heavy atom. The molecule has 0 bridgehead atoms. The van der Waals surface area contributed by atoms with Crippen molar-refractivity contribution in [1.29, 1.82) is 0 Å². The summed E-state index contributed by atoms with van der Waals surface area (Å²) in [6, 6.07) is 26.8. The van der Waals surface area contributed by atoms with E-state index in [1.54, 1.807) is 13.1 Å². The molecule has 0 unspecified atom stereocenters. The Morgan fingerprint density at radius 1 is 0.900 bits per heavy atom. The summed E-state index contributed by atoms with van der Waals surface area (Å²) < 4.78 is 6.77. The van der Waals surface area contributed by atoms with Gasteiger partial charge in [-0.3, -0.25) is 9.59 Å². The Labute approximate surface area is 184 Å². The van der Waals surface area contributed by atoms with Gasteiger partial charge in [-0.2, -0.15) is 0 Å². The van der Waals surface area contributed by atoms with Gasteiger partial charge >= 0.3 is 0 Å². The van der Waals surface area contributed by atoms with Crippen molar-refractivity contribution in [2.75, 3.05) is 25.5 Å². The van der Waals surface area contributed by atoms with Crippen LogP contribution >= 0.6 is 15.9 Å². The predicted octanol–water partition coefficient (Wildman–Crippen LogP) is 4.65. The van der Waals surface area contributed by atoms with E-state index in [4.69, 9.17) is 4.74 Å². The van der Waals surface area contributed by atoms with E-state index in [-0.39, 0.29) is 31.1 Å². The number of nitrogens with one attached hydrogen (secondary N) is 1. The van der Waals surface area contributed by atoms with Gasteiger partial charge in [0, 0.05) is 11.5 Å². The highest BCUT2D eigenvalue weighted by Gasteiger charge is 2.19. The quantitative estimate of drug-likeness (QED) is 0.525. The minimum Gasteiger partial charge on any atom is -0.359 e. The van der Waals surface area contributed by atoms with Crippen molar-refractivity contribution in [2.45, 2.75) is 6.10 Å². The van der Waals surface area contributed by atoms with E-state index in [1.165, 1.54) is 4.90 Å². The third kappa shape index (κ3) is 6.02. The summed E-state index contributed by atoms with van der Waals surface area (Å²) in [5.41, 5.74) is 2.59. The molecule has 0 atom stereocenters. The molecule has 0 saturated heterocycles. The predicted molar refractivity (Wildman–Crippen MR) is 121 cm³/mol. The number of carbonyl (C=O) groups excluding carboxylic acids is 2. The first-order valence-corrected chi connectivity index (χ1v) is 10.3. The van der Waals surface area contributed by atoms with Crippen molar-refractivity contribution in [2.24, 2.45) is 0 Å². The minimum atomic E-state index is -0.362. The highest BCUT2D eigenvalue weighted by Crippen LogP contribution is 2.25. The molecule has 0 spiro atoms. The van der Waals surface area contributed by atoms with Gasteiger partial charge in [-0.1, -0.05) is 72.8 Å². The van der Waals surface area contributed by atoms with Crippen LogP contribution in [-0.2, 0) is 14.3 Å². The second kappa shape index (κ2) is 10.7. The average Bonchev–Trinajstić information content (AvgIpc) is 2.77. The lowest BCUT2D eigenvalue weighted by atomic mass is 10.0. The van der Waals surface area contributed by atoms with Crippen LogP contribution in [0.3, 0.4) is 0 Å². The molecule has 0 radical (unpaired) electrons. The first-order chi connectivity index (χ1) is 14.5. The first kappa shape index (κ1) is 21.7. The molecule has 5 nitrogen and oxygen atoms in total. The molecule has 3 aromatic rings. The molecule has 0 heterocycles. The van der Waals surface area contributed by atoms with Gasteiger partial charge < -0.3 is 15.0 Å². The maximum atomic E-state index is 12.6. The normalized spacial score (nSPS) is 10.6. The Morgan fingerprint density at radius 3 is 2.00 bits per heavy atom. The van der Waals surface area contributed by atoms with E-state index in [0.29, 0.717) is 5.69 Å². The number of para-hydroxylation sites is 1. The van der Waals surface area contributed by atoms with Crippen LogP contribution in [0.5, 0.6) is 0 Å². The number of nitrogens with zero attached hydrogens (tertiary/aromatic N) is 1. The highest BCUT2D eigenvalue weighted by molar-refractivity contribution is 9.10. The van der Waals surface area contributed by atoms with Crippen molar-refractivity contribution in [3.8, 4) is 0 Å². The Balaban J connectivity index is 1.59. The molecule has 3 aromatic carbocycles. The third-order valence-corrected chi connectivity index (χ3v) is 5.22. The van der Waals surface area contributed by atoms with Crippen LogP contribution < -0.4 is 5.32 Å². The van der Waals surface area contributed by atoms with Crippen LogP contribution in [0.15, 0.2) is 89.4 Å². The molecular weight excluding hydrogens is 444 g/mol. The van der Waals surface area contributed by atoms with Crippen molar-refractivity contribution in [3.63, 3.8) is 0 Å². The summed E-state index contributed by atoms with van der Waals surface area (Å²) in [6.45, 7) is -0.196. The molecule has 2 amide bonds. The zero-order valence-electron chi connectivity index (χ0n) is 16.6. The standard InChI is InChI=1S/C24H23BrN2O3/c1-27(16-22(28)26-21-15-9-8-14-20(21)25)23(29)17-30-24(18-10-4-2-5-11-18)19-12-6-3-7-13-19/h2-15,24H,16-17H2,1H3,(H,26,28). The largest absolute Gasteiger partial charge is 0.359 e. The summed E-state index contributed by atoms with van der Waals surface area (Å²) in [4.78, 5) is 26.2. The smallest absolute Gasteiger partial charge is 0.248 e. The number of amides is 2. The topological polar surface area (TPSA) is 58.6 Å². The molecule has 154 valence electrons. The van der Waals surface area contributed by atoms with Gasteiger partial charge in [-0.15, -0.1) is 0 Å². The first-order valence-electron chi connectivity index (χ1n) is 9.54. The lowest BCUT2D eigenvalue weighted by molar-refractivity contribution is -0.138. The zero-order valence-corrected chi connectivity index (χ0v) is 18.2. The zero-order chi connectivity index (χ0) is 21.3. The van der Waals surface area contributed by atoms with Crippen LogP contribution in [0.4, 0.5) is 5.69 Å². The highest BCUT2D eigenvalue weighted by atomic mass is 79.9. The van der Waals surface area contributed by atoms with E-state index in [1.807, 2.05) is 78.9 Å². The molecule has 1 N–H and O–H groups in total. The lowest BCUT2D eigenvalue weighted by Crippen LogP contribution is -2.37. The van der Waals surface area contributed by atoms with E-state index in [2.05, 4.69) is 21.2 Å². The second-order valence-corrected chi connectivity index (χ2v) is 7.64. The van der Waals surface area contributed by atoms with E-state index < -0.39 is 0 Å². The molecule has 0 aliphatic heterocycles. The van der Waals surface area contributed by atoms with Crippen LogP contribution in [0.25, 0.3) is 0 Å².